The van der Waals surface area contributed by atoms with Crippen molar-refractivity contribution in [2.24, 2.45) is 0 Å². The van der Waals surface area contributed by atoms with Gasteiger partial charge >= 0.3 is 0 Å². The van der Waals surface area contributed by atoms with E-state index in [0.717, 1.165) is 16.9 Å². The first-order valence-corrected chi connectivity index (χ1v) is 8.99. The smallest absolute Gasteiger partial charge is 0.239 e. The first-order chi connectivity index (χ1) is 13.3. The summed E-state index contributed by atoms with van der Waals surface area (Å²) in [6, 6.07) is 5.05. The number of hydrogen-bond acceptors (Lipinski definition) is 7. The molecule has 1 fully saturated rings. The Labute approximate surface area is 162 Å². The number of ether oxygens (including phenoxy) is 2. The standard InChI is InChI=1S/C20H21N5O3/c1-11-6-12(4-5-23-11)17(21)28-18(22)15-7-16-14(8-24-15)20(2,3)19(26)25(16)13-9-27-10-13/h4-8,13,21-22H,9-10H2,1-3H3. The number of aryl methyl sites for hydroxylation is 1. The summed E-state index contributed by atoms with van der Waals surface area (Å²) >= 11 is 0. The predicted molar refractivity (Wildman–Crippen MR) is 103 cm³/mol. The topological polar surface area (TPSA) is 112 Å². The molecule has 28 heavy (non-hydrogen) atoms. The van der Waals surface area contributed by atoms with Gasteiger partial charge in [-0.25, -0.2) is 0 Å². The number of aromatic nitrogens is 2. The van der Waals surface area contributed by atoms with Crippen molar-refractivity contribution in [2.75, 3.05) is 18.1 Å². The van der Waals surface area contributed by atoms with Gasteiger partial charge in [0, 0.05) is 29.2 Å². The van der Waals surface area contributed by atoms with Crippen molar-refractivity contribution in [3.8, 4) is 0 Å². The fourth-order valence-electron chi connectivity index (χ4n) is 3.41. The fourth-order valence-corrected chi connectivity index (χ4v) is 3.41. The molecule has 2 aliphatic rings. The Bertz CT molecular complexity index is 997. The van der Waals surface area contributed by atoms with Gasteiger partial charge in [-0.05, 0) is 39.0 Å². The van der Waals surface area contributed by atoms with E-state index >= 15 is 0 Å². The summed E-state index contributed by atoms with van der Waals surface area (Å²) < 4.78 is 10.7. The van der Waals surface area contributed by atoms with Gasteiger partial charge in [0.05, 0.1) is 30.4 Å². The average molecular weight is 379 g/mol. The van der Waals surface area contributed by atoms with Crippen LogP contribution in [-0.2, 0) is 19.7 Å². The van der Waals surface area contributed by atoms with Gasteiger partial charge in [-0.3, -0.25) is 25.6 Å². The van der Waals surface area contributed by atoms with Gasteiger partial charge in [0.25, 0.3) is 0 Å². The molecule has 2 aromatic heterocycles. The molecule has 144 valence electrons. The van der Waals surface area contributed by atoms with Gasteiger partial charge < -0.3 is 14.4 Å². The number of carbonyl (C=O) groups excluding carboxylic acids is 1. The molecule has 2 N–H and O–H groups in total. The molecule has 2 aliphatic heterocycles. The van der Waals surface area contributed by atoms with Gasteiger partial charge in [0.1, 0.15) is 5.69 Å². The molecular weight excluding hydrogens is 358 g/mol. The monoisotopic (exact) mass is 379 g/mol. The Balaban J connectivity index is 1.61. The molecule has 0 aromatic carbocycles. The average Bonchev–Trinajstić information content (AvgIpc) is 2.81. The zero-order chi connectivity index (χ0) is 20.1. The maximum atomic E-state index is 12.9. The molecule has 2 aromatic rings. The summed E-state index contributed by atoms with van der Waals surface area (Å²) in [5.41, 5.74) is 2.43. The normalized spacial score (nSPS) is 17.8. The SMILES string of the molecule is Cc1cc(C(=N)OC(=N)c2cc3c(cn2)C(C)(C)C(=O)N3C2COC2)ccn1. The molecule has 4 rings (SSSR count). The molecule has 0 spiro atoms. The van der Waals surface area contributed by atoms with Crippen LogP contribution in [-0.4, -0.2) is 46.9 Å². The van der Waals surface area contributed by atoms with Crippen molar-refractivity contribution in [1.29, 1.82) is 10.8 Å². The largest absolute Gasteiger partial charge is 0.419 e. The Hall–Kier alpha value is -3.13. The maximum absolute atomic E-state index is 12.9. The number of rotatable bonds is 3. The summed E-state index contributed by atoms with van der Waals surface area (Å²) in [5.74, 6) is -0.398. The first kappa shape index (κ1) is 18.2. The summed E-state index contributed by atoms with van der Waals surface area (Å²) in [5, 5.41) is 16.3. The lowest BCUT2D eigenvalue weighted by atomic mass is 9.87. The second kappa shape index (κ2) is 6.49. The Morgan fingerprint density at radius 2 is 2.00 bits per heavy atom. The number of fused-ring (bicyclic) bond motifs is 1. The van der Waals surface area contributed by atoms with Crippen LogP contribution >= 0.6 is 0 Å². The van der Waals surface area contributed by atoms with Gasteiger partial charge in [0.2, 0.25) is 17.7 Å². The van der Waals surface area contributed by atoms with Gasteiger partial charge in [-0.2, -0.15) is 0 Å². The third-order valence-electron chi connectivity index (χ3n) is 5.15. The number of hydrogen-bond donors (Lipinski definition) is 2. The molecule has 1 amide bonds. The van der Waals surface area contributed by atoms with Crippen molar-refractivity contribution in [3.05, 3.63) is 53.1 Å². The summed E-state index contributed by atoms with van der Waals surface area (Å²) in [4.78, 5) is 23.1. The molecule has 8 nitrogen and oxygen atoms in total. The fraction of sp³-hybridized carbons (Fsp3) is 0.350. The Morgan fingerprint density at radius 1 is 1.25 bits per heavy atom. The number of carbonyl (C=O) groups is 1. The molecule has 4 heterocycles. The third kappa shape index (κ3) is 2.86. The second-order valence-corrected chi connectivity index (χ2v) is 7.52. The van der Waals surface area contributed by atoms with E-state index in [-0.39, 0.29) is 29.4 Å². The minimum Gasteiger partial charge on any atom is -0.419 e. The van der Waals surface area contributed by atoms with Crippen LogP contribution in [0.5, 0.6) is 0 Å². The lowest BCUT2D eigenvalue weighted by molar-refractivity contribution is -0.124. The molecule has 0 unspecified atom stereocenters. The van der Waals surface area contributed by atoms with Crippen LogP contribution in [0.3, 0.4) is 0 Å². The predicted octanol–water partition coefficient (Wildman–Crippen LogP) is 2.18. The van der Waals surface area contributed by atoms with E-state index in [4.69, 9.17) is 20.3 Å². The van der Waals surface area contributed by atoms with Crippen LogP contribution in [0.15, 0.2) is 30.6 Å². The highest BCUT2D eigenvalue weighted by atomic mass is 16.5. The van der Waals surface area contributed by atoms with E-state index in [2.05, 4.69) is 9.97 Å². The minimum atomic E-state index is -0.680. The lowest BCUT2D eigenvalue weighted by Gasteiger charge is -2.35. The molecule has 0 radical (unpaired) electrons. The highest BCUT2D eigenvalue weighted by Gasteiger charge is 2.48. The zero-order valence-corrected chi connectivity index (χ0v) is 15.9. The molecular formula is C20H21N5O3. The quantitative estimate of drug-likeness (QED) is 0.627. The zero-order valence-electron chi connectivity index (χ0n) is 15.9. The van der Waals surface area contributed by atoms with Crippen LogP contribution in [0.1, 0.15) is 36.4 Å². The molecule has 0 saturated carbocycles. The Morgan fingerprint density at radius 3 is 2.64 bits per heavy atom. The van der Waals surface area contributed by atoms with E-state index in [1.54, 1.807) is 35.5 Å². The second-order valence-electron chi connectivity index (χ2n) is 7.52. The first-order valence-electron chi connectivity index (χ1n) is 8.99. The summed E-state index contributed by atoms with van der Waals surface area (Å²) in [6.07, 6.45) is 3.21. The van der Waals surface area contributed by atoms with Crippen molar-refractivity contribution < 1.29 is 14.3 Å². The van der Waals surface area contributed by atoms with Crippen LogP contribution in [0, 0.1) is 17.7 Å². The molecule has 0 atom stereocenters. The Kier molecular flexibility index (Phi) is 4.23. The molecule has 0 aliphatic carbocycles. The van der Waals surface area contributed by atoms with Gasteiger partial charge in [-0.15, -0.1) is 0 Å². The van der Waals surface area contributed by atoms with E-state index in [1.165, 1.54) is 0 Å². The van der Waals surface area contributed by atoms with Crippen molar-refractivity contribution in [3.63, 3.8) is 0 Å². The van der Waals surface area contributed by atoms with Crippen LogP contribution in [0.4, 0.5) is 5.69 Å². The van der Waals surface area contributed by atoms with Crippen molar-refractivity contribution in [2.45, 2.75) is 32.2 Å². The molecule has 1 saturated heterocycles. The molecule has 0 bridgehead atoms. The lowest BCUT2D eigenvalue weighted by Crippen LogP contribution is -2.52. The summed E-state index contributed by atoms with van der Waals surface area (Å²) in [6.45, 7) is 6.57. The van der Waals surface area contributed by atoms with Crippen LogP contribution < -0.4 is 4.90 Å². The number of anilines is 1. The number of nitrogens with zero attached hydrogens (tertiary/aromatic N) is 3. The van der Waals surface area contributed by atoms with Crippen LogP contribution in [0.25, 0.3) is 0 Å². The maximum Gasteiger partial charge on any atom is 0.239 e. The highest BCUT2D eigenvalue weighted by molar-refractivity contribution is 6.10. The van der Waals surface area contributed by atoms with Gasteiger partial charge in [0.15, 0.2) is 0 Å². The van der Waals surface area contributed by atoms with E-state index in [1.807, 2.05) is 20.8 Å². The summed E-state index contributed by atoms with van der Waals surface area (Å²) in [7, 11) is 0. The highest BCUT2D eigenvalue weighted by Crippen LogP contribution is 2.43. The number of pyridine rings is 2. The third-order valence-corrected chi connectivity index (χ3v) is 5.15. The van der Waals surface area contributed by atoms with Crippen molar-refractivity contribution in [1.82, 2.24) is 9.97 Å². The van der Waals surface area contributed by atoms with Crippen LogP contribution in [0.2, 0.25) is 0 Å². The van der Waals surface area contributed by atoms with E-state index < -0.39 is 5.41 Å². The number of nitrogens with one attached hydrogen (secondary N) is 2. The van der Waals surface area contributed by atoms with E-state index in [0.29, 0.717) is 18.8 Å². The number of amides is 1. The molecule has 8 heteroatoms. The van der Waals surface area contributed by atoms with Gasteiger partial charge in [-0.1, -0.05) is 0 Å². The minimum absolute atomic E-state index is 0.00204. The van der Waals surface area contributed by atoms with E-state index in [9.17, 15) is 4.79 Å². The van der Waals surface area contributed by atoms with Crippen molar-refractivity contribution >= 4 is 23.4 Å².